The van der Waals surface area contributed by atoms with Crippen LogP contribution in [0.2, 0.25) is 0 Å². The zero-order valence-electron chi connectivity index (χ0n) is 17.8. The van der Waals surface area contributed by atoms with E-state index >= 15 is 0 Å². The Balaban J connectivity index is 1.26. The quantitative estimate of drug-likeness (QED) is 0.261. The smallest absolute Gasteiger partial charge is 0.177 e. The summed E-state index contributed by atoms with van der Waals surface area (Å²) >= 11 is 0. The molecule has 3 aliphatic heterocycles. The van der Waals surface area contributed by atoms with Crippen LogP contribution in [-0.4, -0.2) is 44.9 Å². The molecule has 5 atom stereocenters. The third kappa shape index (κ3) is 7.10. The summed E-state index contributed by atoms with van der Waals surface area (Å²) in [7, 11) is 0. The number of nitrogens with one attached hydrogen (secondary N) is 1. The molecule has 3 fully saturated rings. The molecule has 1 unspecified atom stereocenters. The summed E-state index contributed by atoms with van der Waals surface area (Å²) in [5.74, 6) is 1.27. The van der Waals surface area contributed by atoms with Gasteiger partial charge in [-0.05, 0) is 50.9 Å². The summed E-state index contributed by atoms with van der Waals surface area (Å²) in [5.41, 5.74) is 3.01. The van der Waals surface area contributed by atoms with Crippen molar-refractivity contribution < 1.29 is 19.0 Å². The predicted octanol–water partition coefficient (Wildman–Crippen LogP) is 4.76. The highest BCUT2D eigenvalue weighted by molar-refractivity contribution is 4.97. The molecule has 5 nitrogen and oxygen atoms in total. The highest BCUT2D eigenvalue weighted by Gasteiger charge is 2.48. The zero-order chi connectivity index (χ0) is 19.4. The molecule has 0 amide bonds. The second-order valence-electron chi connectivity index (χ2n) is 8.56. The lowest BCUT2D eigenvalue weighted by Gasteiger charge is -2.27. The second-order valence-corrected chi connectivity index (χ2v) is 8.56. The Kier molecular flexibility index (Phi) is 10.3. The lowest BCUT2D eigenvalue weighted by atomic mass is 9.77. The van der Waals surface area contributed by atoms with Gasteiger partial charge in [0.05, 0.1) is 18.8 Å². The maximum absolute atomic E-state index is 6.21. The van der Waals surface area contributed by atoms with Crippen LogP contribution in [0.3, 0.4) is 0 Å². The van der Waals surface area contributed by atoms with Crippen LogP contribution in [0.25, 0.3) is 0 Å². The van der Waals surface area contributed by atoms with Crippen molar-refractivity contribution in [2.45, 2.75) is 96.1 Å². The molecule has 0 aliphatic carbocycles. The van der Waals surface area contributed by atoms with Crippen molar-refractivity contribution in [1.29, 1.82) is 0 Å². The molecule has 0 saturated carbocycles. The van der Waals surface area contributed by atoms with Crippen LogP contribution in [-0.2, 0) is 19.0 Å². The van der Waals surface area contributed by atoms with Crippen molar-refractivity contribution in [3.8, 4) is 0 Å². The van der Waals surface area contributed by atoms with Crippen LogP contribution in [0.5, 0.6) is 0 Å². The third-order valence-corrected chi connectivity index (χ3v) is 6.43. The van der Waals surface area contributed by atoms with Gasteiger partial charge in [-0.1, -0.05) is 38.3 Å². The van der Waals surface area contributed by atoms with Crippen molar-refractivity contribution in [1.82, 2.24) is 5.48 Å². The van der Waals surface area contributed by atoms with Gasteiger partial charge in [0, 0.05) is 32.1 Å². The van der Waals surface area contributed by atoms with Gasteiger partial charge in [0.2, 0.25) is 0 Å². The molecule has 2 bridgehead atoms. The molecular weight excluding hydrogens is 354 g/mol. The van der Waals surface area contributed by atoms with E-state index in [1.54, 1.807) is 0 Å². The molecule has 1 N–H and O–H groups in total. The van der Waals surface area contributed by atoms with Crippen LogP contribution < -0.4 is 5.48 Å². The minimum absolute atomic E-state index is 0.0731. The normalized spacial score (nSPS) is 32.5. The molecule has 3 heterocycles. The molecule has 0 spiro atoms. The number of hydroxylamine groups is 1. The average molecular weight is 396 g/mol. The number of fused-ring (bicyclic) bond motifs is 2. The zero-order valence-corrected chi connectivity index (χ0v) is 17.8. The Morgan fingerprint density at radius 1 is 1.00 bits per heavy atom. The third-order valence-electron chi connectivity index (χ3n) is 6.43. The number of hydrogen-bond acceptors (Lipinski definition) is 5. The molecule has 162 valence electrons. The topological polar surface area (TPSA) is 49.0 Å². The van der Waals surface area contributed by atoms with Crippen LogP contribution in [0, 0.1) is 11.8 Å². The van der Waals surface area contributed by atoms with Crippen molar-refractivity contribution in [2.24, 2.45) is 11.8 Å². The van der Waals surface area contributed by atoms with E-state index in [1.165, 1.54) is 51.4 Å². The van der Waals surface area contributed by atoms with Gasteiger partial charge in [0.15, 0.2) is 6.29 Å². The summed E-state index contributed by atoms with van der Waals surface area (Å²) < 4.78 is 17.8. The van der Waals surface area contributed by atoms with E-state index in [0.29, 0.717) is 24.0 Å². The highest BCUT2D eigenvalue weighted by atomic mass is 16.8. The van der Waals surface area contributed by atoms with E-state index < -0.39 is 0 Å². The minimum atomic E-state index is -0.0731. The van der Waals surface area contributed by atoms with Gasteiger partial charge in [0.1, 0.15) is 0 Å². The lowest BCUT2D eigenvalue weighted by Crippen LogP contribution is -2.31. The first-order chi connectivity index (χ1) is 13.9. The largest absolute Gasteiger partial charge is 0.381 e. The van der Waals surface area contributed by atoms with Gasteiger partial charge in [-0.2, -0.15) is 5.48 Å². The fraction of sp³-hybridized carbons (Fsp3) is 0.913. The van der Waals surface area contributed by atoms with Crippen molar-refractivity contribution in [3.05, 3.63) is 12.2 Å². The number of unbranched alkanes of at least 4 members (excludes halogenated alkanes) is 3. The van der Waals surface area contributed by atoms with Gasteiger partial charge >= 0.3 is 0 Å². The minimum Gasteiger partial charge on any atom is -0.381 e. The summed E-state index contributed by atoms with van der Waals surface area (Å²) in [5, 5.41) is 0. The second kappa shape index (κ2) is 13.0. The SMILES string of the molecule is CCCCCCOC[C@@H]1[C@H](CC/C=C\CNOC2CCCCO2)[C@@H]2CC[C@H]1O2. The van der Waals surface area contributed by atoms with Crippen LogP contribution >= 0.6 is 0 Å². The van der Waals surface area contributed by atoms with E-state index in [1.807, 2.05) is 0 Å². The Bertz CT molecular complexity index is 438. The summed E-state index contributed by atoms with van der Waals surface area (Å²) in [6.07, 6.45) is 18.5. The van der Waals surface area contributed by atoms with Crippen molar-refractivity contribution >= 4 is 0 Å². The Hall–Kier alpha value is -0.460. The lowest BCUT2D eigenvalue weighted by molar-refractivity contribution is -0.194. The fourth-order valence-electron chi connectivity index (χ4n) is 4.83. The molecule has 0 aromatic heterocycles. The first kappa shape index (κ1) is 22.2. The van der Waals surface area contributed by atoms with Gasteiger partial charge in [-0.25, -0.2) is 0 Å². The van der Waals surface area contributed by atoms with E-state index in [4.69, 9.17) is 19.0 Å². The van der Waals surface area contributed by atoms with E-state index in [0.717, 1.165) is 45.6 Å². The van der Waals surface area contributed by atoms with E-state index in [9.17, 15) is 0 Å². The Labute approximate surface area is 171 Å². The number of allylic oxidation sites excluding steroid dienone is 1. The van der Waals surface area contributed by atoms with Gasteiger partial charge in [0.25, 0.3) is 0 Å². The first-order valence-corrected chi connectivity index (χ1v) is 11.8. The predicted molar refractivity (Wildman–Crippen MR) is 111 cm³/mol. The summed E-state index contributed by atoms with van der Waals surface area (Å²) in [6, 6.07) is 0. The molecule has 28 heavy (non-hydrogen) atoms. The molecule has 0 aromatic rings. The van der Waals surface area contributed by atoms with Gasteiger partial charge in [-0.3, -0.25) is 4.84 Å². The fourth-order valence-corrected chi connectivity index (χ4v) is 4.83. The summed E-state index contributed by atoms with van der Waals surface area (Å²) in [6.45, 7) is 5.60. The molecular formula is C23H41NO4. The number of ether oxygens (including phenoxy) is 3. The Morgan fingerprint density at radius 3 is 2.71 bits per heavy atom. The van der Waals surface area contributed by atoms with Crippen molar-refractivity contribution in [2.75, 3.05) is 26.4 Å². The standard InChI is InChI=1S/C23H41NO4/c1-2-3-4-9-16-25-18-20-19(21-13-14-22(20)27-21)11-6-5-8-15-24-28-23-12-7-10-17-26-23/h5,8,19-24H,2-4,6-7,9-18H2,1H3/b8-5-/t19-,20+,21-,22+,23?/m0/s1. The van der Waals surface area contributed by atoms with Crippen LogP contribution in [0.1, 0.15) is 77.6 Å². The number of hydrogen-bond donors (Lipinski definition) is 1. The average Bonchev–Trinajstić information content (AvgIpc) is 3.33. The maximum atomic E-state index is 6.21. The maximum Gasteiger partial charge on any atom is 0.177 e. The molecule has 0 radical (unpaired) electrons. The monoisotopic (exact) mass is 395 g/mol. The van der Waals surface area contributed by atoms with Crippen molar-refractivity contribution in [3.63, 3.8) is 0 Å². The van der Waals surface area contributed by atoms with E-state index in [-0.39, 0.29) is 6.29 Å². The highest BCUT2D eigenvalue weighted by Crippen LogP contribution is 2.45. The molecule has 3 saturated heterocycles. The van der Waals surface area contributed by atoms with Gasteiger partial charge in [-0.15, -0.1) is 0 Å². The molecule has 5 heteroatoms. The Morgan fingerprint density at radius 2 is 1.89 bits per heavy atom. The van der Waals surface area contributed by atoms with Gasteiger partial charge < -0.3 is 14.2 Å². The molecule has 0 aromatic carbocycles. The molecule has 3 rings (SSSR count). The van der Waals surface area contributed by atoms with E-state index in [2.05, 4.69) is 24.6 Å². The number of rotatable bonds is 14. The summed E-state index contributed by atoms with van der Waals surface area (Å²) in [4.78, 5) is 5.54. The van der Waals surface area contributed by atoms with Crippen LogP contribution in [0.15, 0.2) is 12.2 Å². The van der Waals surface area contributed by atoms with Crippen LogP contribution in [0.4, 0.5) is 0 Å². The molecule has 3 aliphatic rings. The first-order valence-electron chi connectivity index (χ1n) is 11.8.